The Kier molecular flexibility index (Phi) is 4.91. The highest BCUT2D eigenvalue weighted by Crippen LogP contribution is 2.23. The Morgan fingerprint density at radius 2 is 1.74 bits per heavy atom. The second kappa shape index (κ2) is 7.27. The van der Waals surface area contributed by atoms with Gasteiger partial charge in [-0.25, -0.2) is 0 Å². The van der Waals surface area contributed by atoms with E-state index < -0.39 is 0 Å². The van der Waals surface area contributed by atoms with E-state index in [1.807, 2.05) is 24.3 Å². The third-order valence-corrected chi connectivity index (χ3v) is 3.90. The summed E-state index contributed by atoms with van der Waals surface area (Å²) in [5.41, 5.74) is 8.68. The van der Waals surface area contributed by atoms with Crippen LogP contribution in [0.2, 0.25) is 0 Å². The van der Waals surface area contributed by atoms with E-state index in [0.29, 0.717) is 0 Å². The van der Waals surface area contributed by atoms with E-state index in [2.05, 4.69) is 42.5 Å². The van der Waals surface area contributed by atoms with Gasteiger partial charge in [-0.15, -0.1) is 0 Å². The maximum absolute atomic E-state index is 6.38. The molecule has 0 saturated heterocycles. The molecule has 0 aliphatic heterocycles. The summed E-state index contributed by atoms with van der Waals surface area (Å²) in [6.07, 6.45) is 0.790. The Labute approximate surface area is 136 Å². The monoisotopic (exact) mass is 307 g/mol. The van der Waals surface area contributed by atoms with Crippen LogP contribution in [0.1, 0.15) is 17.2 Å². The topological polar surface area (TPSA) is 44.5 Å². The van der Waals surface area contributed by atoms with Crippen molar-refractivity contribution < 1.29 is 9.47 Å². The third kappa shape index (κ3) is 3.89. The van der Waals surface area contributed by atoms with Gasteiger partial charge in [0.05, 0.1) is 0 Å². The fourth-order valence-corrected chi connectivity index (χ4v) is 2.70. The molecule has 0 fully saturated rings. The van der Waals surface area contributed by atoms with E-state index in [4.69, 9.17) is 15.2 Å². The van der Waals surface area contributed by atoms with Crippen molar-refractivity contribution in [2.75, 3.05) is 13.9 Å². The molecule has 3 nitrogen and oxygen atoms in total. The standard InChI is InChI=1S/C20H21NO2/c1-22-14-23-19-8-4-7-18(13-19)20(21)12-15-9-10-16-5-2-3-6-17(16)11-15/h2-11,13,20H,12,14,21H2,1H3. The summed E-state index contributed by atoms with van der Waals surface area (Å²) in [5, 5.41) is 2.49. The Morgan fingerprint density at radius 1 is 0.913 bits per heavy atom. The highest BCUT2D eigenvalue weighted by atomic mass is 16.7. The van der Waals surface area contributed by atoms with Gasteiger partial charge in [-0.3, -0.25) is 0 Å². The molecule has 1 atom stereocenters. The van der Waals surface area contributed by atoms with Crippen molar-refractivity contribution in [3.8, 4) is 5.75 Å². The maximum atomic E-state index is 6.38. The summed E-state index contributed by atoms with van der Waals surface area (Å²) >= 11 is 0. The van der Waals surface area contributed by atoms with Crippen LogP contribution < -0.4 is 10.5 Å². The number of hydrogen-bond acceptors (Lipinski definition) is 3. The van der Waals surface area contributed by atoms with Crippen molar-refractivity contribution in [3.63, 3.8) is 0 Å². The summed E-state index contributed by atoms with van der Waals surface area (Å²) in [7, 11) is 1.61. The number of rotatable bonds is 6. The van der Waals surface area contributed by atoms with Gasteiger partial charge in [0.25, 0.3) is 0 Å². The first-order chi connectivity index (χ1) is 11.3. The molecule has 1 unspecified atom stereocenters. The van der Waals surface area contributed by atoms with Crippen LogP contribution in [0.15, 0.2) is 66.7 Å². The molecule has 0 saturated carbocycles. The largest absolute Gasteiger partial charge is 0.468 e. The lowest BCUT2D eigenvalue weighted by Crippen LogP contribution is -2.13. The first-order valence-electron chi connectivity index (χ1n) is 7.71. The number of hydrogen-bond donors (Lipinski definition) is 1. The van der Waals surface area contributed by atoms with Gasteiger partial charge in [-0.05, 0) is 40.5 Å². The molecular formula is C20H21NO2. The highest BCUT2D eigenvalue weighted by molar-refractivity contribution is 5.83. The van der Waals surface area contributed by atoms with Gasteiger partial charge in [-0.2, -0.15) is 0 Å². The van der Waals surface area contributed by atoms with Gasteiger partial charge in [0.1, 0.15) is 5.75 Å². The van der Waals surface area contributed by atoms with Crippen molar-refractivity contribution in [2.45, 2.75) is 12.5 Å². The number of benzene rings is 3. The molecule has 0 spiro atoms. The summed E-state index contributed by atoms with van der Waals surface area (Å²) in [5.74, 6) is 0.776. The molecule has 0 bridgehead atoms. The summed E-state index contributed by atoms with van der Waals surface area (Å²) in [6.45, 7) is 0.239. The Morgan fingerprint density at radius 3 is 2.57 bits per heavy atom. The average molecular weight is 307 g/mol. The van der Waals surface area contributed by atoms with Gasteiger partial charge in [-0.1, -0.05) is 54.6 Å². The van der Waals surface area contributed by atoms with Gasteiger partial charge in [0.15, 0.2) is 6.79 Å². The number of methoxy groups -OCH3 is 1. The van der Waals surface area contributed by atoms with Gasteiger partial charge >= 0.3 is 0 Å². The molecule has 3 heteroatoms. The maximum Gasteiger partial charge on any atom is 0.188 e. The molecular weight excluding hydrogens is 286 g/mol. The van der Waals surface area contributed by atoms with Crippen LogP contribution in [0.3, 0.4) is 0 Å². The van der Waals surface area contributed by atoms with Gasteiger partial charge in [0.2, 0.25) is 0 Å². The van der Waals surface area contributed by atoms with Crippen LogP contribution in [0, 0.1) is 0 Å². The lowest BCUT2D eigenvalue weighted by Gasteiger charge is -2.14. The van der Waals surface area contributed by atoms with Crippen LogP contribution in [0.5, 0.6) is 5.75 Å². The lowest BCUT2D eigenvalue weighted by atomic mass is 9.97. The minimum Gasteiger partial charge on any atom is -0.468 e. The first-order valence-corrected chi connectivity index (χ1v) is 7.71. The molecule has 0 aliphatic rings. The van der Waals surface area contributed by atoms with Crippen molar-refractivity contribution in [1.82, 2.24) is 0 Å². The normalized spacial score (nSPS) is 12.3. The van der Waals surface area contributed by atoms with Crippen LogP contribution >= 0.6 is 0 Å². The SMILES string of the molecule is COCOc1cccc(C(N)Cc2ccc3ccccc3c2)c1. The van der Waals surface area contributed by atoms with Crippen LogP contribution in [0.25, 0.3) is 10.8 Å². The third-order valence-electron chi connectivity index (χ3n) is 3.90. The summed E-state index contributed by atoms with van der Waals surface area (Å²) < 4.78 is 10.4. The van der Waals surface area contributed by atoms with E-state index in [1.165, 1.54) is 16.3 Å². The van der Waals surface area contributed by atoms with Crippen LogP contribution in [-0.2, 0) is 11.2 Å². The van der Waals surface area contributed by atoms with E-state index in [9.17, 15) is 0 Å². The van der Waals surface area contributed by atoms with Crippen molar-refractivity contribution >= 4 is 10.8 Å². The molecule has 0 heterocycles. The Hall–Kier alpha value is -2.36. The predicted molar refractivity (Wildman–Crippen MR) is 93.5 cm³/mol. The lowest BCUT2D eigenvalue weighted by molar-refractivity contribution is 0.0510. The van der Waals surface area contributed by atoms with Crippen LogP contribution in [0.4, 0.5) is 0 Å². The zero-order valence-corrected chi connectivity index (χ0v) is 13.2. The molecule has 3 rings (SSSR count). The highest BCUT2D eigenvalue weighted by Gasteiger charge is 2.09. The Bertz CT molecular complexity index is 785. The first kappa shape index (κ1) is 15.5. The minimum absolute atomic E-state index is 0.0674. The van der Waals surface area contributed by atoms with Gasteiger partial charge < -0.3 is 15.2 Å². The van der Waals surface area contributed by atoms with E-state index in [0.717, 1.165) is 17.7 Å². The number of nitrogens with two attached hydrogens (primary N) is 1. The van der Waals surface area contributed by atoms with Crippen molar-refractivity contribution in [2.24, 2.45) is 5.73 Å². The quantitative estimate of drug-likeness (QED) is 0.698. The van der Waals surface area contributed by atoms with Gasteiger partial charge in [0, 0.05) is 13.2 Å². The molecule has 23 heavy (non-hydrogen) atoms. The molecule has 0 aliphatic carbocycles. The smallest absolute Gasteiger partial charge is 0.188 e. The summed E-state index contributed by atoms with van der Waals surface area (Å²) in [4.78, 5) is 0. The van der Waals surface area contributed by atoms with E-state index in [1.54, 1.807) is 7.11 Å². The molecule has 3 aromatic rings. The molecule has 0 radical (unpaired) electrons. The average Bonchev–Trinajstić information content (AvgIpc) is 2.60. The second-order valence-electron chi connectivity index (χ2n) is 5.62. The zero-order valence-electron chi connectivity index (χ0n) is 13.2. The molecule has 3 aromatic carbocycles. The zero-order chi connectivity index (χ0) is 16.1. The van der Waals surface area contributed by atoms with E-state index in [-0.39, 0.29) is 12.8 Å². The molecule has 2 N–H and O–H groups in total. The fraction of sp³-hybridized carbons (Fsp3) is 0.200. The predicted octanol–water partition coefficient (Wildman–Crippen LogP) is 4.07. The second-order valence-corrected chi connectivity index (χ2v) is 5.62. The molecule has 0 aromatic heterocycles. The number of fused-ring (bicyclic) bond motifs is 1. The number of ether oxygens (including phenoxy) is 2. The van der Waals surface area contributed by atoms with Crippen molar-refractivity contribution in [1.29, 1.82) is 0 Å². The fourth-order valence-electron chi connectivity index (χ4n) is 2.70. The van der Waals surface area contributed by atoms with E-state index >= 15 is 0 Å². The summed E-state index contributed by atoms with van der Waals surface area (Å²) in [6, 6.07) is 22.7. The Balaban J connectivity index is 1.75. The minimum atomic E-state index is -0.0674. The van der Waals surface area contributed by atoms with Crippen LogP contribution in [-0.4, -0.2) is 13.9 Å². The molecule has 0 amide bonds. The molecule has 118 valence electrons. The van der Waals surface area contributed by atoms with Crippen molar-refractivity contribution in [3.05, 3.63) is 77.9 Å².